The zero-order valence-corrected chi connectivity index (χ0v) is 15.1. The van der Waals surface area contributed by atoms with E-state index in [9.17, 15) is 9.59 Å². The van der Waals surface area contributed by atoms with E-state index >= 15 is 0 Å². The van der Waals surface area contributed by atoms with Gasteiger partial charge >= 0.3 is 5.63 Å². The molecule has 0 radical (unpaired) electrons. The van der Waals surface area contributed by atoms with Crippen molar-refractivity contribution in [2.24, 2.45) is 0 Å². The van der Waals surface area contributed by atoms with Crippen LogP contribution in [0.15, 0.2) is 33.5 Å². The highest BCUT2D eigenvalue weighted by atomic mass is 16.4. The van der Waals surface area contributed by atoms with Crippen molar-refractivity contribution >= 4 is 33.2 Å². The first-order valence-electron chi connectivity index (χ1n) is 8.54. The Bertz CT molecular complexity index is 1120. The zero-order chi connectivity index (χ0) is 18.1. The molecule has 0 amide bonds. The highest BCUT2D eigenvalue weighted by molar-refractivity contribution is 6.11. The smallest absolute Gasteiger partial charge is 0.344 e. The molecule has 1 aliphatic rings. The van der Waals surface area contributed by atoms with E-state index in [1.807, 2.05) is 52.8 Å². The van der Waals surface area contributed by atoms with Gasteiger partial charge in [0.25, 0.3) is 0 Å². The van der Waals surface area contributed by atoms with Crippen LogP contribution < -0.4 is 10.9 Å². The van der Waals surface area contributed by atoms with Gasteiger partial charge < -0.3 is 9.73 Å². The molecule has 0 saturated carbocycles. The number of nitrogens with one attached hydrogen (secondary N) is 1. The summed E-state index contributed by atoms with van der Waals surface area (Å²) in [6.07, 6.45) is 0. The molecule has 1 atom stereocenters. The lowest BCUT2D eigenvalue weighted by Gasteiger charge is -2.36. The van der Waals surface area contributed by atoms with Crippen LogP contribution in [-0.2, 0) is 4.79 Å². The maximum absolute atomic E-state index is 12.8. The monoisotopic (exact) mass is 335 g/mol. The van der Waals surface area contributed by atoms with Crippen LogP contribution in [0.2, 0.25) is 0 Å². The molecule has 2 aromatic carbocycles. The lowest BCUT2D eigenvalue weighted by Crippen LogP contribution is -2.46. The Morgan fingerprint density at radius 1 is 1.04 bits per heavy atom. The predicted octanol–water partition coefficient (Wildman–Crippen LogP) is 4.44. The third kappa shape index (κ3) is 2.13. The lowest BCUT2D eigenvalue weighted by molar-refractivity contribution is -0.123. The van der Waals surface area contributed by atoms with E-state index in [4.69, 9.17) is 4.42 Å². The summed E-state index contributed by atoms with van der Waals surface area (Å²) < 4.78 is 5.62. The molecule has 3 aromatic rings. The van der Waals surface area contributed by atoms with Crippen LogP contribution in [-0.4, -0.2) is 11.3 Å². The highest BCUT2D eigenvalue weighted by Crippen LogP contribution is 2.41. The third-order valence-corrected chi connectivity index (χ3v) is 5.43. The second kappa shape index (κ2) is 4.94. The van der Waals surface area contributed by atoms with Crippen molar-refractivity contribution < 1.29 is 9.21 Å². The molecule has 4 nitrogen and oxygen atoms in total. The molecule has 1 unspecified atom stereocenters. The Labute approximate surface area is 145 Å². The molecule has 2 heterocycles. The van der Waals surface area contributed by atoms with Crippen LogP contribution in [0.3, 0.4) is 0 Å². The number of carbonyl (C=O) groups is 1. The minimum Gasteiger partial charge on any atom is -0.422 e. The number of benzene rings is 2. The number of carbonyl (C=O) groups excluding carboxylic acids is 1. The molecule has 1 aromatic heterocycles. The minimum absolute atomic E-state index is 0.0760. The van der Waals surface area contributed by atoms with E-state index in [2.05, 4.69) is 11.4 Å². The second-order valence-corrected chi connectivity index (χ2v) is 7.61. The van der Waals surface area contributed by atoms with Crippen molar-refractivity contribution in [1.29, 1.82) is 0 Å². The molecule has 0 spiro atoms. The number of anilines is 1. The summed E-state index contributed by atoms with van der Waals surface area (Å²) in [5, 5.41) is 5.53. The summed E-state index contributed by atoms with van der Waals surface area (Å²) in [6, 6.07) is 7.88. The Kier molecular flexibility index (Phi) is 3.14. The Balaban J connectivity index is 2.17. The van der Waals surface area contributed by atoms with Crippen LogP contribution >= 0.6 is 0 Å². The molecule has 128 valence electrons. The summed E-state index contributed by atoms with van der Waals surface area (Å²) in [4.78, 5) is 25.5. The van der Waals surface area contributed by atoms with E-state index in [1.54, 1.807) is 0 Å². The molecular formula is C21H21NO3. The van der Waals surface area contributed by atoms with Crippen LogP contribution in [0.25, 0.3) is 21.7 Å². The van der Waals surface area contributed by atoms with Gasteiger partial charge in [0.2, 0.25) is 0 Å². The Morgan fingerprint density at radius 2 is 1.72 bits per heavy atom. The molecule has 0 aliphatic carbocycles. The Hall–Kier alpha value is -2.62. The number of hydrogen-bond donors (Lipinski definition) is 1. The zero-order valence-electron chi connectivity index (χ0n) is 15.1. The number of Topliss-reactive ketones (excluding diaryl/α,β-unsaturated/α-hetero) is 1. The number of aryl methyl sites for hydroxylation is 2. The average Bonchev–Trinajstić information content (AvgIpc) is 2.54. The summed E-state index contributed by atoms with van der Waals surface area (Å²) >= 11 is 0. The quantitative estimate of drug-likeness (QED) is 0.487. The average molecular weight is 335 g/mol. The SMILES string of the molecule is Cc1cc2oc(=O)c3c4c(ccc3c2cc1C)NC(C)(C)C(=O)C4C. The van der Waals surface area contributed by atoms with Gasteiger partial charge in [-0.1, -0.05) is 13.0 Å². The van der Waals surface area contributed by atoms with Gasteiger partial charge in [0.1, 0.15) is 5.58 Å². The fourth-order valence-electron chi connectivity index (χ4n) is 3.93. The van der Waals surface area contributed by atoms with Gasteiger partial charge in [-0.2, -0.15) is 0 Å². The summed E-state index contributed by atoms with van der Waals surface area (Å²) in [5.41, 5.74) is 3.36. The first kappa shape index (κ1) is 15.9. The van der Waals surface area contributed by atoms with Crippen LogP contribution in [0.1, 0.15) is 43.4 Å². The van der Waals surface area contributed by atoms with Crippen LogP contribution in [0.4, 0.5) is 5.69 Å². The first-order chi connectivity index (χ1) is 11.7. The number of fused-ring (bicyclic) bond motifs is 5. The van der Waals surface area contributed by atoms with Crippen LogP contribution in [0, 0.1) is 13.8 Å². The summed E-state index contributed by atoms with van der Waals surface area (Å²) in [5.74, 6) is -0.283. The van der Waals surface area contributed by atoms with Crippen molar-refractivity contribution in [3.8, 4) is 0 Å². The van der Waals surface area contributed by atoms with Gasteiger partial charge in [-0.25, -0.2) is 4.79 Å². The van der Waals surface area contributed by atoms with E-state index in [0.29, 0.717) is 11.0 Å². The number of rotatable bonds is 0. The lowest BCUT2D eigenvalue weighted by atomic mass is 9.79. The van der Waals surface area contributed by atoms with E-state index in [0.717, 1.165) is 33.2 Å². The van der Waals surface area contributed by atoms with Gasteiger partial charge in [-0.3, -0.25) is 4.79 Å². The standard InChI is InChI=1S/C21H21NO3/c1-10-8-14-13-6-7-15-17(12(3)19(23)21(4,5)22-15)18(13)20(24)25-16(14)9-11(10)2/h6-9,12,22H,1-5H3. The van der Waals surface area contributed by atoms with Crippen molar-refractivity contribution in [2.45, 2.75) is 46.1 Å². The van der Waals surface area contributed by atoms with E-state index in [1.165, 1.54) is 0 Å². The van der Waals surface area contributed by atoms with Gasteiger partial charge in [0.15, 0.2) is 5.78 Å². The van der Waals surface area contributed by atoms with Crippen molar-refractivity contribution in [2.75, 3.05) is 5.32 Å². The second-order valence-electron chi connectivity index (χ2n) is 7.61. The Morgan fingerprint density at radius 3 is 2.44 bits per heavy atom. The molecule has 0 saturated heterocycles. The largest absolute Gasteiger partial charge is 0.422 e. The van der Waals surface area contributed by atoms with Crippen molar-refractivity contribution in [3.05, 3.63) is 51.4 Å². The highest BCUT2D eigenvalue weighted by Gasteiger charge is 2.39. The van der Waals surface area contributed by atoms with Crippen LogP contribution in [0.5, 0.6) is 0 Å². The summed E-state index contributed by atoms with van der Waals surface area (Å²) in [6.45, 7) is 9.65. The molecule has 4 heteroatoms. The van der Waals surface area contributed by atoms with E-state index < -0.39 is 5.54 Å². The number of ketones is 1. The molecule has 4 rings (SSSR count). The van der Waals surface area contributed by atoms with Gasteiger partial charge in [0.05, 0.1) is 10.9 Å². The first-order valence-corrected chi connectivity index (χ1v) is 8.54. The fraction of sp³-hybridized carbons (Fsp3) is 0.333. The maximum atomic E-state index is 12.8. The fourth-order valence-corrected chi connectivity index (χ4v) is 3.93. The molecule has 0 bridgehead atoms. The van der Waals surface area contributed by atoms with Crippen molar-refractivity contribution in [1.82, 2.24) is 0 Å². The van der Waals surface area contributed by atoms with Crippen molar-refractivity contribution in [3.63, 3.8) is 0 Å². The van der Waals surface area contributed by atoms with Gasteiger partial charge in [-0.15, -0.1) is 0 Å². The summed E-state index contributed by atoms with van der Waals surface area (Å²) in [7, 11) is 0. The topological polar surface area (TPSA) is 59.3 Å². The molecule has 0 fully saturated rings. The minimum atomic E-state index is -0.648. The molecular weight excluding hydrogens is 314 g/mol. The van der Waals surface area contributed by atoms with E-state index in [-0.39, 0.29) is 17.3 Å². The number of hydrogen-bond acceptors (Lipinski definition) is 4. The molecule has 1 aliphatic heterocycles. The predicted molar refractivity (Wildman–Crippen MR) is 101 cm³/mol. The van der Waals surface area contributed by atoms with Gasteiger partial charge in [-0.05, 0) is 57.0 Å². The maximum Gasteiger partial charge on any atom is 0.344 e. The van der Waals surface area contributed by atoms with Gasteiger partial charge in [0, 0.05) is 27.9 Å². The normalized spacial score (nSPS) is 19.1. The third-order valence-electron chi connectivity index (χ3n) is 5.43. The molecule has 1 N–H and O–H groups in total. The molecule has 25 heavy (non-hydrogen) atoms.